The van der Waals surface area contributed by atoms with E-state index < -0.39 is 5.79 Å². The topological polar surface area (TPSA) is 61.8 Å². The summed E-state index contributed by atoms with van der Waals surface area (Å²) in [6, 6.07) is 0. The molecule has 0 N–H and O–H groups in total. The Bertz CT molecular complexity index is 731. The highest BCUT2D eigenvalue weighted by Gasteiger charge is 2.65. The van der Waals surface area contributed by atoms with E-state index in [2.05, 4.69) is 13.8 Å². The minimum absolute atomic E-state index is 0.00814. The van der Waals surface area contributed by atoms with Gasteiger partial charge in [-0.05, 0) is 75.5 Å². The normalized spacial score (nSPS) is 52.9. The summed E-state index contributed by atoms with van der Waals surface area (Å²) in [4.78, 5) is 25.1. The first-order chi connectivity index (χ1) is 13.5. The zero-order valence-corrected chi connectivity index (χ0v) is 18.5. The standard InChI is InChI=1S/C24H36O5/c1-13(25)27-21-7-6-15-14-10-18(26)17-11-19-20(29-22(2,3)28-19)12-24(17,5)16(14)8-9-23(15,21)4/h14-17,19-21H,6-12H2,1-5H3/t14-,15-,16-,17+,19-,20+,21-,23-,24+/m0/s1. The van der Waals surface area contributed by atoms with Crippen LogP contribution in [0.15, 0.2) is 0 Å². The van der Waals surface area contributed by atoms with Crippen molar-refractivity contribution < 1.29 is 23.8 Å². The quantitative estimate of drug-likeness (QED) is 0.611. The molecule has 162 valence electrons. The maximum absolute atomic E-state index is 13.4. The first-order valence-electron chi connectivity index (χ1n) is 11.6. The predicted octanol–water partition coefficient (Wildman–Crippen LogP) is 4.27. The van der Waals surface area contributed by atoms with E-state index in [9.17, 15) is 9.59 Å². The Morgan fingerprint density at radius 3 is 2.41 bits per heavy atom. The van der Waals surface area contributed by atoms with Crippen LogP contribution in [-0.2, 0) is 23.8 Å². The third kappa shape index (κ3) is 2.86. The van der Waals surface area contributed by atoms with Crippen LogP contribution >= 0.6 is 0 Å². The van der Waals surface area contributed by atoms with Gasteiger partial charge >= 0.3 is 5.97 Å². The van der Waals surface area contributed by atoms with Crippen molar-refractivity contribution in [3.8, 4) is 0 Å². The van der Waals surface area contributed by atoms with E-state index in [1.54, 1.807) is 0 Å². The number of ether oxygens (including phenoxy) is 3. The van der Waals surface area contributed by atoms with Gasteiger partial charge in [-0.25, -0.2) is 0 Å². The average molecular weight is 405 g/mol. The zero-order chi connectivity index (χ0) is 20.8. The lowest BCUT2D eigenvalue weighted by Gasteiger charge is -2.60. The molecule has 5 nitrogen and oxygen atoms in total. The van der Waals surface area contributed by atoms with Gasteiger partial charge in [0.2, 0.25) is 0 Å². The first kappa shape index (κ1) is 20.0. The highest BCUT2D eigenvalue weighted by atomic mass is 16.7. The lowest BCUT2D eigenvalue weighted by Crippen LogP contribution is -2.59. The molecule has 5 aliphatic rings. The van der Waals surface area contributed by atoms with E-state index in [1.165, 1.54) is 6.92 Å². The molecule has 1 aliphatic heterocycles. The van der Waals surface area contributed by atoms with Gasteiger partial charge < -0.3 is 14.2 Å². The van der Waals surface area contributed by atoms with Crippen LogP contribution in [0, 0.1) is 34.5 Å². The second kappa shape index (κ2) is 6.29. The molecule has 0 aromatic heterocycles. The maximum atomic E-state index is 13.4. The predicted molar refractivity (Wildman–Crippen MR) is 107 cm³/mol. The Hall–Kier alpha value is -0.940. The second-order valence-electron chi connectivity index (χ2n) is 11.5. The van der Waals surface area contributed by atoms with Gasteiger partial charge in [0.05, 0.1) is 12.2 Å². The molecule has 9 atom stereocenters. The number of hydrogen-bond acceptors (Lipinski definition) is 5. The third-order valence-corrected chi connectivity index (χ3v) is 9.52. The number of ketones is 1. The molecule has 0 aromatic carbocycles. The fourth-order valence-corrected chi connectivity index (χ4v) is 8.38. The van der Waals surface area contributed by atoms with Gasteiger partial charge in [0, 0.05) is 24.7 Å². The number of esters is 1. The largest absolute Gasteiger partial charge is 0.462 e. The number of rotatable bonds is 1. The van der Waals surface area contributed by atoms with Gasteiger partial charge in [-0.2, -0.15) is 0 Å². The first-order valence-corrected chi connectivity index (χ1v) is 11.6. The SMILES string of the molecule is CC(=O)O[C@H]1CC[C@H]2[C@@H]3CC(=O)[C@H]4C[C@@H]5OC(C)(C)O[C@@H]5C[C@]4(C)[C@H]3CC[C@]12C. The van der Waals surface area contributed by atoms with Crippen LogP contribution in [0.25, 0.3) is 0 Å². The summed E-state index contributed by atoms with van der Waals surface area (Å²) in [5.41, 5.74) is 0.00821. The molecule has 0 radical (unpaired) electrons. The van der Waals surface area contributed by atoms with Crippen molar-refractivity contribution in [2.75, 3.05) is 0 Å². The minimum Gasteiger partial charge on any atom is -0.462 e. The van der Waals surface area contributed by atoms with E-state index in [4.69, 9.17) is 14.2 Å². The van der Waals surface area contributed by atoms with Crippen LogP contribution < -0.4 is 0 Å². The summed E-state index contributed by atoms with van der Waals surface area (Å²) in [6.45, 7) is 10.2. The fraction of sp³-hybridized carbons (Fsp3) is 0.917. The lowest BCUT2D eigenvalue weighted by atomic mass is 9.44. The Balaban J connectivity index is 1.43. The monoisotopic (exact) mass is 404 g/mol. The molecule has 0 spiro atoms. The molecule has 0 unspecified atom stereocenters. The van der Waals surface area contributed by atoms with Crippen LogP contribution in [0.4, 0.5) is 0 Å². The van der Waals surface area contributed by atoms with Crippen molar-refractivity contribution in [3.05, 3.63) is 0 Å². The number of carbonyl (C=O) groups is 2. The maximum Gasteiger partial charge on any atom is 0.302 e. The van der Waals surface area contributed by atoms with Crippen molar-refractivity contribution in [1.82, 2.24) is 0 Å². The van der Waals surface area contributed by atoms with Crippen molar-refractivity contribution in [1.29, 1.82) is 0 Å². The van der Waals surface area contributed by atoms with E-state index in [1.807, 2.05) is 13.8 Å². The molecule has 1 heterocycles. The van der Waals surface area contributed by atoms with Gasteiger partial charge in [-0.1, -0.05) is 13.8 Å². The van der Waals surface area contributed by atoms with Crippen LogP contribution in [-0.4, -0.2) is 35.9 Å². The van der Waals surface area contributed by atoms with Crippen LogP contribution in [0.5, 0.6) is 0 Å². The molecule has 1 saturated heterocycles. The molecule has 0 aromatic rings. The van der Waals surface area contributed by atoms with Crippen molar-refractivity contribution in [2.24, 2.45) is 34.5 Å². The van der Waals surface area contributed by atoms with Crippen molar-refractivity contribution in [3.63, 3.8) is 0 Å². The number of Topliss-reactive ketones (excluding diaryl/α,β-unsaturated/α-hetero) is 1. The minimum atomic E-state index is -0.546. The molecule has 29 heavy (non-hydrogen) atoms. The second-order valence-corrected chi connectivity index (χ2v) is 11.5. The zero-order valence-electron chi connectivity index (χ0n) is 18.5. The summed E-state index contributed by atoms with van der Waals surface area (Å²) >= 11 is 0. The van der Waals surface area contributed by atoms with Gasteiger partial charge in [0.15, 0.2) is 5.79 Å². The van der Waals surface area contributed by atoms with E-state index in [0.29, 0.717) is 30.0 Å². The summed E-state index contributed by atoms with van der Waals surface area (Å²) in [5, 5.41) is 0. The van der Waals surface area contributed by atoms with Crippen LogP contribution in [0.3, 0.4) is 0 Å². The smallest absolute Gasteiger partial charge is 0.302 e. The Morgan fingerprint density at radius 1 is 1.00 bits per heavy atom. The van der Waals surface area contributed by atoms with Crippen LogP contribution in [0.2, 0.25) is 0 Å². The third-order valence-electron chi connectivity index (χ3n) is 9.52. The number of fused-ring (bicyclic) bond motifs is 6. The van der Waals surface area contributed by atoms with Gasteiger partial charge in [-0.15, -0.1) is 0 Å². The highest BCUT2D eigenvalue weighted by molar-refractivity contribution is 5.83. The summed E-state index contributed by atoms with van der Waals surface area (Å²) < 4.78 is 18.1. The molecule has 0 amide bonds. The fourth-order valence-electron chi connectivity index (χ4n) is 8.38. The summed E-state index contributed by atoms with van der Waals surface area (Å²) in [7, 11) is 0. The van der Waals surface area contributed by atoms with Crippen molar-refractivity contribution >= 4 is 11.8 Å². The molecule has 4 aliphatic carbocycles. The molecule has 0 bridgehead atoms. The number of carbonyl (C=O) groups excluding carboxylic acids is 2. The highest BCUT2D eigenvalue weighted by Crippen LogP contribution is 2.66. The van der Waals surface area contributed by atoms with Gasteiger partial charge in [0.1, 0.15) is 11.9 Å². The van der Waals surface area contributed by atoms with Gasteiger partial charge in [0.25, 0.3) is 0 Å². The summed E-state index contributed by atoms with van der Waals surface area (Å²) in [6.07, 6.45) is 6.81. The summed E-state index contributed by atoms with van der Waals surface area (Å²) in [5.74, 6) is 1.24. The lowest BCUT2D eigenvalue weighted by molar-refractivity contribution is -0.172. The van der Waals surface area contributed by atoms with E-state index in [0.717, 1.165) is 38.5 Å². The Kier molecular flexibility index (Phi) is 4.33. The Morgan fingerprint density at radius 2 is 1.69 bits per heavy atom. The molecular formula is C24H36O5. The molecule has 5 heteroatoms. The molecule has 5 rings (SSSR count). The average Bonchev–Trinajstić information content (AvgIpc) is 3.08. The molecule has 4 saturated carbocycles. The van der Waals surface area contributed by atoms with E-state index in [-0.39, 0.29) is 41.0 Å². The van der Waals surface area contributed by atoms with E-state index >= 15 is 0 Å². The van der Waals surface area contributed by atoms with Gasteiger partial charge in [-0.3, -0.25) is 9.59 Å². The molecule has 5 fully saturated rings. The van der Waals surface area contributed by atoms with Crippen LogP contribution in [0.1, 0.15) is 79.6 Å². The van der Waals surface area contributed by atoms with Crippen molar-refractivity contribution in [2.45, 2.75) is 104 Å². The molecular weight excluding hydrogens is 368 g/mol. The Labute approximate surface area is 174 Å². The number of hydrogen-bond donors (Lipinski definition) is 0.